The van der Waals surface area contributed by atoms with Crippen molar-refractivity contribution in [3.63, 3.8) is 0 Å². The second-order valence-corrected chi connectivity index (χ2v) is 6.49. The molecular formula is C19H22O2. The Morgan fingerprint density at radius 2 is 1.67 bits per heavy atom. The lowest BCUT2D eigenvalue weighted by atomic mass is 9.78. The largest absolute Gasteiger partial charge is 0.478 e. The normalized spacial score (nSPS) is 11.4. The molecule has 0 aliphatic carbocycles. The Bertz CT molecular complexity index is 649. The third-order valence-corrected chi connectivity index (χ3v) is 3.80. The average molecular weight is 282 g/mol. The summed E-state index contributed by atoms with van der Waals surface area (Å²) in [6.07, 6.45) is 0.829. The first-order valence-corrected chi connectivity index (χ1v) is 7.21. The summed E-state index contributed by atoms with van der Waals surface area (Å²) >= 11 is 0. The van der Waals surface area contributed by atoms with E-state index >= 15 is 0 Å². The standard InChI is InChI=1S/C19H22O2/c1-13-15(12-14-8-6-5-7-9-14)10-11-16(18(20)21)17(13)19(2,3)4/h5-11H,12H2,1-4H3,(H,20,21). The van der Waals surface area contributed by atoms with Crippen LogP contribution in [0.4, 0.5) is 0 Å². The highest BCUT2D eigenvalue weighted by Crippen LogP contribution is 2.32. The number of hydrogen-bond donors (Lipinski definition) is 1. The lowest BCUT2D eigenvalue weighted by Crippen LogP contribution is -2.20. The number of carbonyl (C=O) groups is 1. The van der Waals surface area contributed by atoms with Crippen molar-refractivity contribution in [1.82, 2.24) is 0 Å². The molecule has 0 heterocycles. The van der Waals surface area contributed by atoms with E-state index in [1.54, 1.807) is 6.07 Å². The maximum Gasteiger partial charge on any atom is 0.335 e. The Hall–Kier alpha value is -2.09. The van der Waals surface area contributed by atoms with Gasteiger partial charge in [0.2, 0.25) is 0 Å². The van der Waals surface area contributed by atoms with Gasteiger partial charge in [0.15, 0.2) is 0 Å². The first kappa shape index (κ1) is 15.3. The third-order valence-electron chi connectivity index (χ3n) is 3.80. The fourth-order valence-corrected chi connectivity index (χ4v) is 2.91. The van der Waals surface area contributed by atoms with E-state index in [-0.39, 0.29) is 5.41 Å². The fraction of sp³-hybridized carbons (Fsp3) is 0.316. The van der Waals surface area contributed by atoms with E-state index in [1.807, 2.05) is 31.2 Å². The van der Waals surface area contributed by atoms with Crippen molar-refractivity contribution < 1.29 is 9.90 Å². The molecule has 0 radical (unpaired) electrons. The van der Waals surface area contributed by atoms with Crippen molar-refractivity contribution in [2.75, 3.05) is 0 Å². The molecule has 2 aromatic rings. The van der Waals surface area contributed by atoms with Gasteiger partial charge >= 0.3 is 5.97 Å². The summed E-state index contributed by atoms with van der Waals surface area (Å²) in [5.74, 6) is -0.853. The predicted octanol–water partition coefficient (Wildman–Crippen LogP) is 4.58. The quantitative estimate of drug-likeness (QED) is 0.894. The molecule has 2 aromatic carbocycles. The number of rotatable bonds is 3. The maximum absolute atomic E-state index is 11.5. The minimum atomic E-state index is -0.853. The molecule has 0 saturated carbocycles. The Balaban J connectivity index is 2.53. The van der Waals surface area contributed by atoms with Crippen LogP contribution in [0.25, 0.3) is 0 Å². The summed E-state index contributed by atoms with van der Waals surface area (Å²) in [4.78, 5) is 11.5. The Labute approximate surface area is 126 Å². The van der Waals surface area contributed by atoms with Crippen LogP contribution in [-0.4, -0.2) is 11.1 Å². The van der Waals surface area contributed by atoms with Gasteiger partial charge in [0.1, 0.15) is 0 Å². The molecule has 1 N–H and O–H groups in total. The molecule has 0 bridgehead atoms. The topological polar surface area (TPSA) is 37.3 Å². The van der Waals surface area contributed by atoms with Gasteiger partial charge < -0.3 is 5.11 Å². The van der Waals surface area contributed by atoms with Crippen molar-refractivity contribution >= 4 is 5.97 Å². The minimum Gasteiger partial charge on any atom is -0.478 e. The first-order valence-electron chi connectivity index (χ1n) is 7.21. The van der Waals surface area contributed by atoms with E-state index in [0.29, 0.717) is 5.56 Å². The van der Waals surface area contributed by atoms with Gasteiger partial charge in [-0.05, 0) is 47.1 Å². The van der Waals surface area contributed by atoms with Crippen LogP contribution in [0.3, 0.4) is 0 Å². The molecule has 2 nitrogen and oxygen atoms in total. The fourth-order valence-electron chi connectivity index (χ4n) is 2.91. The first-order chi connectivity index (χ1) is 9.80. The SMILES string of the molecule is Cc1c(Cc2ccccc2)ccc(C(=O)O)c1C(C)(C)C. The van der Waals surface area contributed by atoms with Crippen LogP contribution in [0.15, 0.2) is 42.5 Å². The number of benzene rings is 2. The zero-order valence-corrected chi connectivity index (χ0v) is 13.1. The van der Waals surface area contributed by atoms with Crippen molar-refractivity contribution in [3.8, 4) is 0 Å². The lowest BCUT2D eigenvalue weighted by molar-refractivity contribution is 0.0694. The minimum absolute atomic E-state index is 0.190. The van der Waals surface area contributed by atoms with Crippen LogP contribution in [0, 0.1) is 6.92 Å². The van der Waals surface area contributed by atoms with E-state index in [1.165, 1.54) is 11.1 Å². The molecule has 0 atom stereocenters. The van der Waals surface area contributed by atoms with Crippen LogP contribution in [-0.2, 0) is 11.8 Å². The molecule has 0 aliphatic rings. The second-order valence-electron chi connectivity index (χ2n) is 6.49. The molecular weight excluding hydrogens is 260 g/mol. The van der Waals surface area contributed by atoms with Crippen molar-refractivity contribution in [2.45, 2.75) is 39.5 Å². The highest BCUT2D eigenvalue weighted by molar-refractivity contribution is 5.90. The Morgan fingerprint density at radius 3 is 2.19 bits per heavy atom. The summed E-state index contributed by atoms with van der Waals surface area (Å²) in [5.41, 5.74) is 4.68. The summed E-state index contributed by atoms with van der Waals surface area (Å²) in [7, 11) is 0. The van der Waals surface area contributed by atoms with Crippen LogP contribution in [0.1, 0.15) is 53.4 Å². The summed E-state index contributed by atoms with van der Waals surface area (Å²) < 4.78 is 0. The predicted molar refractivity (Wildman–Crippen MR) is 86.1 cm³/mol. The average Bonchev–Trinajstić information content (AvgIpc) is 2.40. The Morgan fingerprint density at radius 1 is 1.05 bits per heavy atom. The summed E-state index contributed by atoms with van der Waals surface area (Å²) in [6.45, 7) is 8.22. The summed E-state index contributed by atoms with van der Waals surface area (Å²) in [5, 5.41) is 9.43. The van der Waals surface area contributed by atoms with Crippen LogP contribution >= 0.6 is 0 Å². The van der Waals surface area contributed by atoms with Crippen molar-refractivity contribution in [3.05, 3.63) is 70.3 Å². The monoisotopic (exact) mass is 282 g/mol. The highest BCUT2D eigenvalue weighted by Gasteiger charge is 2.25. The van der Waals surface area contributed by atoms with Crippen molar-refractivity contribution in [1.29, 1.82) is 0 Å². The lowest BCUT2D eigenvalue weighted by Gasteiger charge is -2.26. The zero-order chi connectivity index (χ0) is 15.6. The molecule has 0 fully saturated rings. The van der Waals surface area contributed by atoms with Gasteiger partial charge in [0.25, 0.3) is 0 Å². The van der Waals surface area contributed by atoms with Gasteiger partial charge in [0, 0.05) is 0 Å². The number of hydrogen-bond acceptors (Lipinski definition) is 1. The molecule has 0 aromatic heterocycles. The van der Waals surface area contributed by atoms with E-state index in [9.17, 15) is 9.90 Å². The van der Waals surface area contributed by atoms with Gasteiger partial charge in [-0.1, -0.05) is 57.2 Å². The van der Waals surface area contributed by atoms with Gasteiger partial charge in [-0.2, -0.15) is 0 Å². The van der Waals surface area contributed by atoms with E-state index in [2.05, 4.69) is 32.9 Å². The molecule has 2 rings (SSSR count). The smallest absolute Gasteiger partial charge is 0.335 e. The second kappa shape index (κ2) is 5.72. The number of carboxylic acid groups (broad SMARTS) is 1. The molecule has 2 heteroatoms. The van der Waals surface area contributed by atoms with Crippen molar-refractivity contribution in [2.24, 2.45) is 0 Å². The highest BCUT2D eigenvalue weighted by atomic mass is 16.4. The van der Waals surface area contributed by atoms with Gasteiger partial charge in [-0.25, -0.2) is 4.79 Å². The summed E-state index contributed by atoms with van der Waals surface area (Å²) in [6, 6.07) is 13.9. The molecule has 0 unspecified atom stereocenters. The van der Waals surface area contributed by atoms with Gasteiger partial charge in [-0.15, -0.1) is 0 Å². The number of carboxylic acids is 1. The zero-order valence-electron chi connectivity index (χ0n) is 13.1. The molecule has 21 heavy (non-hydrogen) atoms. The van der Waals surface area contributed by atoms with Crippen LogP contribution < -0.4 is 0 Å². The van der Waals surface area contributed by atoms with Gasteiger partial charge in [-0.3, -0.25) is 0 Å². The molecule has 0 spiro atoms. The van der Waals surface area contributed by atoms with E-state index in [0.717, 1.165) is 17.5 Å². The molecule has 0 saturated heterocycles. The van der Waals surface area contributed by atoms with E-state index < -0.39 is 5.97 Å². The third kappa shape index (κ3) is 3.33. The maximum atomic E-state index is 11.5. The molecule has 0 aliphatic heterocycles. The molecule has 0 amide bonds. The van der Waals surface area contributed by atoms with Gasteiger partial charge in [0.05, 0.1) is 5.56 Å². The Kier molecular flexibility index (Phi) is 4.17. The van der Waals surface area contributed by atoms with E-state index in [4.69, 9.17) is 0 Å². The van der Waals surface area contributed by atoms with Crippen LogP contribution in [0.5, 0.6) is 0 Å². The molecule has 110 valence electrons. The van der Waals surface area contributed by atoms with Crippen LogP contribution in [0.2, 0.25) is 0 Å². The number of aromatic carboxylic acids is 1.